The number of hydrogen-bond acceptors (Lipinski definition) is 4. The first kappa shape index (κ1) is 23.0. The molecule has 0 bridgehead atoms. The fourth-order valence-corrected chi connectivity index (χ4v) is 3.42. The summed E-state index contributed by atoms with van der Waals surface area (Å²) in [4.78, 5) is 19.0. The lowest BCUT2D eigenvalue weighted by atomic mass is 10.2. The van der Waals surface area contributed by atoms with Crippen LogP contribution in [0.5, 0.6) is 0 Å². The van der Waals surface area contributed by atoms with E-state index in [0.717, 1.165) is 57.2 Å². The van der Waals surface area contributed by atoms with Gasteiger partial charge in [0.05, 0.1) is 18.8 Å². The van der Waals surface area contributed by atoms with Gasteiger partial charge in [-0.05, 0) is 64.3 Å². The second-order valence-corrected chi connectivity index (χ2v) is 7.37. The Morgan fingerprint density at radius 3 is 2.75 bits per heavy atom. The predicted molar refractivity (Wildman–Crippen MR) is 122 cm³/mol. The Bertz CT molecular complexity index is 598. The van der Waals surface area contributed by atoms with Gasteiger partial charge >= 0.3 is 0 Å². The van der Waals surface area contributed by atoms with E-state index in [2.05, 4.69) is 27.8 Å². The number of carbonyl (C=O) groups excluding carboxylic acids is 1. The number of nitrogens with zero attached hydrogens (tertiary/aromatic N) is 2. The molecule has 8 heteroatoms. The van der Waals surface area contributed by atoms with Crippen molar-refractivity contribution in [2.45, 2.75) is 57.5 Å². The first-order valence-corrected chi connectivity index (χ1v) is 10.3. The van der Waals surface area contributed by atoms with E-state index in [0.29, 0.717) is 19.0 Å². The maximum Gasteiger partial charge on any atom is 0.220 e. The number of rotatable bonds is 10. The Morgan fingerprint density at radius 2 is 2.11 bits per heavy atom. The van der Waals surface area contributed by atoms with Crippen molar-refractivity contribution in [1.29, 1.82) is 0 Å². The summed E-state index contributed by atoms with van der Waals surface area (Å²) in [5.74, 6) is 1.94. The number of furan rings is 1. The molecular formula is C20H34IN5O2. The van der Waals surface area contributed by atoms with Crippen LogP contribution in [0.15, 0.2) is 27.8 Å². The quantitative estimate of drug-likeness (QED) is 0.198. The highest BCUT2D eigenvalue weighted by Gasteiger charge is 2.25. The zero-order chi connectivity index (χ0) is 18.9. The summed E-state index contributed by atoms with van der Waals surface area (Å²) >= 11 is 0. The summed E-state index contributed by atoms with van der Waals surface area (Å²) < 4.78 is 5.67. The van der Waals surface area contributed by atoms with Crippen LogP contribution in [0.25, 0.3) is 0 Å². The highest BCUT2D eigenvalue weighted by atomic mass is 127. The second kappa shape index (κ2) is 12.3. The molecule has 1 aliphatic carbocycles. The molecule has 1 aromatic heterocycles. The minimum Gasteiger partial charge on any atom is -0.468 e. The van der Waals surface area contributed by atoms with Crippen LogP contribution in [-0.4, -0.2) is 55.5 Å². The molecule has 0 aromatic carbocycles. The molecule has 1 unspecified atom stereocenters. The van der Waals surface area contributed by atoms with Crippen molar-refractivity contribution in [2.75, 3.05) is 32.7 Å². The molecule has 1 atom stereocenters. The van der Waals surface area contributed by atoms with E-state index in [1.165, 1.54) is 12.8 Å². The molecule has 1 aliphatic heterocycles. The topological polar surface area (TPSA) is 81.9 Å². The van der Waals surface area contributed by atoms with Gasteiger partial charge in [-0.25, -0.2) is 0 Å². The van der Waals surface area contributed by atoms with Crippen LogP contribution in [0.3, 0.4) is 0 Å². The maximum atomic E-state index is 11.8. The van der Waals surface area contributed by atoms with Gasteiger partial charge in [-0.2, -0.15) is 0 Å². The van der Waals surface area contributed by atoms with Crippen molar-refractivity contribution in [3.05, 3.63) is 24.2 Å². The highest BCUT2D eigenvalue weighted by Crippen LogP contribution is 2.25. The van der Waals surface area contributed by atoms with Crippen molar-refractivity contribution >= 4 is 35.8 Å². The molecule has 1 amide bonds. The van der Waals surface area contributed by atoms with Crippen molar-refractivity contribution < 1.29 is 9.21 Å². The summed E-state index contributed by atoms with van der Waals surface area (Å²) in [6.07, 6.45) is 7.84. The van der Waals surface area contributed by atoms with E-state index in [-0.39, 0.29) is 35.9 Å². The first-order chi connectivity index (χ1) is 13.3. The van der Waals surface area contributed by atoms with Gasteiger partial charge in [0.2, 0.25) is 5.91 Å². The molecule has 1 saturated carbocycles. The van der Waals surface area contributed by atoms with Crippen molar-refractivity contribution in [2.24, 2.45) is 4.99 Å². The van der Waals surface area contributed by atoms with Gasteiger partial charge in [0.25, 0.3) is 0 Å². The van der Waals surface area contributed by atoms with Gasteiger partial charge in [0.15, 0.2) is 5.96 Å². The van der Waals surface area contributed by atoms with Crippen LogP contribution in [0.1, 0.15) is 57.3 Å². The zero-order valence-electron chi connectivity index (χ0n) is 16.8. The summed E-state index contributed by atoms with van der Waals surface area (Å²) in [6.45, 7) is 6.46. The Hall–Kier alpha value is -1.29. The molecule has 2 heterocycles. The molecule has 0 spiro atoms. The molecule has 3 rings (SSSR count). The lowest BCUT2D eigenvalue weighted by Crippen LogP contribution is -2.39. The smallest absolute Gasteiger partial charge is 0.220 e. The average Bonchev–Trinajstić information content (AvgIpc) is 3.13. The normalized spacial score (nSPS) is 18.4. The fraction of sp³-hybridized carbons (Fsp3) is 0.700. The lowest BCUT2D eigenvalue weighted by molar-refractivity contribution is -0.121. The summed E-state index contributed by atoms with van der Waals surface area (Å²) in [5.41, 5.74) is 0. The van der Waals surface area contributed by atoms with E-state index in [9.17, 15) is 4.79 Å². The van der Waals surface area contributed by atoms with Crippen LogP contribution in [0.4, 0.5) is 0 Å². The van der Waals surface area contributed by atoms with Crippen molar-refractivity contribution in [1.82, 2.24) is 20.9 Å². The molecule has 0 radical (unpaired) electrons. The Kier molecular flexibility index (Phi) is 10.1. The molecule has 1 saturated heterocycles. The van der Waals surface area contributed by atoms with E-state index >= 15 is 0 Å². The number of amides is 1. The number of hydrogen-bond donors (Lipinski definition) is 3. The average molecular weight is 503 g/mol. The number of likely N-dealkylation sites (tertiary alicyclic amines) is 1. The predicted octanol–water partition coefficient (Wildman–Crippen LogP) is 2.65. The molecule has 7 nitrogen and oxygen atoms in total. The molecule has 2 fully saturated rings. The standard InChI is InChI=1S/C20H33N5O2.HI/c1-2-21-20(22-11-5-8-19(26)24-16-9-10-16)23-15-17(18-7-6-14-27-18)25-12-3-4-13-25;/h6-7,14,16-17H,2-5,8-13,15H2,1H3,(H,24,26)(H2,21,22,23);1H. The third kappa shape index (κ3) is 7.62. The molecular weight excluding hydrogens is 469 g/mol. The van der Waals surface area contributed by atoms with Gasteiger partial charge < -0.3 is 20.4 Å². The van der Waals surface area contributed by atoms with Crippen LogP contribution >= 0.6 is 24.0 Å². The number of carbonyl (C=O) groups is 1. The number of aliphatic imine (C=N–C) groups is 1. The fourth-order valence-electron chi connectivity index (χ4n) is 3.42. The third-order valence-corrected chi connectivity index (χ3v) is 5.04. The highest BCUT2D eigenvalue weighted by molar-refractivity contribution is 14.0. The molecule has 2 aliphatic rings. The Labute approximate surface area is 185 Å². The first-order valence-electron chi connectivity index (χ1n) is 10.3. The van der Waals surface area contributed by atoms with Crippen molar-refractivity contribution in [3.63, 3.8) is 0 Å². The van der Waals surface area contributed by atoms with E-state index < -0.39 is 0 Å². The van der Waals surface area contributed by atoms with Gasteiger partial charge in [0.1, 0.15) is 5.76 Å². The van der Waals surface area contributed by atoms with Gasteiger partial charge in [0, 0.05) is 25.6 Å². The number of guanidine groups is 1. The molecule has 28 heavy (non-hydrogen) atoms. The second-order valence-electron chi connectivity index (χ2n) is 7.37. The monoisotopic (exact) mass is 503 g/mol. The largest absolute Gasteiger partial charge is 0.468 e. The summed E-state index contributed by atoms with van der Waals surface area (Å²) in [6, 6.07) is 4.60. The van der Waals surface area contributed by atoms with E-state index in [4.69, 9.17) is 9.41 Å². The molecule has 158 valence electrons. The minimum atomic E-state index is 0. The lowest BCUT2D eigenvalue weighted by Gasteiger charge is -2.24. The summed E-state index contributed by atoms with van der Waals surface area (Å²) in [7, 11) is 0. The Morgan fingerprint density at radius 1 is 1.32 bits per heavy atom. The van der Waals surface area contributed by atoms with Gasteiger partial charge in [-0.1, -0.05) is 0 Å². The maximum absolute atomic E-state index is 11.8. The molecule has 1 aromatic rings. The van der Waals surface area contributed by atoms with Gasteiger partial charge in [-0.15, -0.1) is 24.0 Å². The SMILES string of the molecule is CCNC(=NCC(c1ccco1)N1CCCC1)NCCCC(=O)NC1CC1.I. The minimum absolute atomic E-state index is 0. The third-order valence-electron chi connectivity index (χ3n) is 5.04. The zero-order valence-corrected chi connectivity index (χ0v) is 19.1. The van der Waals surface area contributed by atoms with Gasteiger partial charge in [-0.3, -0.25) is 14.7 Å². The van der Waals surface area contributed by atoms with Crippen LogP contribution in [0, 0.1) is 0 Å². The van der Waals surface area contributed by atoms with Crippen LogP contribution in [-0.2, 0) is 4.79 Å². The number of nitrogens with one attached hydrogen (secondary N) is 3. The van der Waals surface area contributed by atoms with Crippen LogP contribution in [0.2, 0.25) is 0 Å². The van der Waals surface area contributed by atoms with Crippen LogP contribution < -0.4 is 16.0 Å². The van der Waals surface area contributed by atoms with E-state index in [1.807, 2.05) is 12.1 Å². The summed E-state index contributed by atoms with van der Waals surface area (Å²) in [5, 5.41) is 9.66. The van der Waals surface area contributed by atoms with E-state index in [1.54, 1.807) is 6.26 Å². The van der Waals surface area contributed by atoms with Crippen molar-refractivity contribution in [3.8, 4) is 0 Å². The Balaban J connectivity index is 0.00000280. The number of halogens is 1. The molecule has 3 N–H and O–H groups in total.